The first-order valence-corrected chi connectivity index (χ1v) is 9.88. The maximum Gasteiger partial charge on any atom is 0.0596 e. The van der Waals surface area contributed by atoms with Gasteiger partial charge in [-0.05, 0) is 73.5 Å². The van der Waals surface area contributed by atoms with Crippen LogP contribution >= 0.6 is 22.6 Å². The molecule has 0 aromatic rings. The van der Waals surface area contributed by atoms with Crippen molar-refractivity contribution < 1.29 is 10.2 Å². The normalized spacial score (nSPS) is 55.4. The fourth-order valence-corrected chi connectivity index (χ4v) is 7.13. The van der Waals surface area contributed by atoms with Gasteiger partial charge in [-0.1, -0.05) is 36.4 Å². The highest BCUT2D eigenvalue weighted by molar-refractivity contribution is 14.1. The third kappa shape index (κ3) is 2.10. The lowest BCUT2D eigenvalue weighted by Gasteiger charge is -2.57. The van der Waals surface area contributed by atoms with Crippen LogP contribution in [0.25, 0.3) is 0 Å². The van der Waals surface area contributed by atoms with Crippen molar-refractivity contribution in [3.8, 4) is 0 Å². The van der Waals surface area contributed by atoms with E-state index in [1.807, 2.05) is 0 Å². The highest BCUT2D eigenvalue weighted by Gasteiger charge is 2.58. The molecular formula is C17H29IO2. The second-order valence-electron chi connectivity index (χ2n) is 8.05. The van der Waals surface area contributed by atoms with Crippen LogP contribution in [0.2, 0.25) is 0 Å². The summed E-state index contributed by atoms with van der Waals surface area (Å²) in [6.45, 7) is 4.66. The van der Waals surface area contributed by atoms with Crippen molar-refractivity contribution in [1.82, 2.24) is 0 Å². The fraction of sp³-hybridized carbons (Fsp3) is 1.00. The van der Waals surface area contributed by atoms with Crippen LogP contribution in [0.4, 0.5) is 0 Å². The third-order valence-corrected chi connectivity index (χ3v) is 7.94. The molecule has 0 heterocycles. The summed E-state index contributed by atoms with van der Waals surface area (Å²) in [5, 5.41) is 21.0. The van der Waals surface area contributed by atoms with Gasteiger partial charge in [-0.25, -0.2) is 0 Å². The Balaban J connectivity index is 1.89. The van der Waals surface area contributed by atoms with E-state index in [2.05, 4.69) is 36.4 Å². The van der Waals surface area contributed by atoms with Gasteiger partial charge in [-0.2, -0.15) is 0 Å². The van der Waals surface area contributed by atoms with Crippen molar-refractivity contribution in [2.45, 2.75) is 71.0 Å². The summed E-state index contributed by atoms with van der Waals surface area (Å²) in [4.78, 5) is 0. The van der Waals surface area contributed by atoms with E-state index in [0.717, 1.165) is 36.0 Å². The highest BCUT2D eigenvalue weighted by atomic mass is 127. The van der Waals surface area contributed by atoms with Crippen LogP contribution in [0.1, 0.15) is 58.8 Å². The van der Waals surface area contributed by atoms with Crippen molar-refractivity contribution in [3.63, 3.8) is 0 Å². The molecule has 0 aromatic heterocycles. The molecule has 3 aliphatic carbocycles. The number of fused-ring (bicyclic) bond motifs is 3. The molecule has 0 saturated heterocycles. The van der Waals surface area contributed by atoms with E-state index in [0.29, 0.717) is 11.8 Å². The molecule has 3 unspecified atom stereocenters. The van der Waals surface area contributed by atoms with Gasteiger partial charge in [0.1, 0.15) is 0 Å². The number of hydrogen-bond acceptors (Lipinski definition) is 2. The van der Waals surface area contributed by atoms with E-state index in [1.165, 1.54) is 19.3 Å². The van der Waals surface area contributed by atoms with Crippen LogP contribution in [0, 0.1) is 28.6 Å². The van der Waals surface area contributed by atoms with Crippen molar-refractivity contribution in [1.29, 1.82) is 0 Å². The molecule has 3 heteroatoms. The number of alkyl halides is 1. The summed E-state index contributed by atoms with van der Waals surface area (Å²) >= 11 is 2.46. The van der Waals surface area contributed by atoms with Crippen molar-refractivity contribution in [2.24, 2.45) is 28.6 Å². The molecule has 2 N–H and O–H groups in total. The smallest absolute Gasteiger partial charge is 0.0596 e. The van der Waals surface area contributed by atoms with E-state index in [1.54, 1.807) is 0 Å². The van der Waals surface area contributed by atoms with Gasteiger partial charge in [0.25, 0.3) is 0 Å². The maximum absolute atomic E-state index is 10.6. The molecule has 0 aliphatic heterocycles. The van der Waals surface area contributed by atoms with Gasteiger partial charge >= 0.3 is 0 Å². The second kappa shape index (κ2) is 5.38. The zero-order valence-corrected chi connectivity index (χ0v) is 15.0. The molecule has 3 fully saturated rings. The molecule has 0 bridgehead atoms. The van der Waals surface area contributed by atoms with Gasteiger partial charge in [-0.3, -0.25) is 0 Å². The first-order chi connectivity index (χ1) is 9.43. The van der Waals surface area contributed by atoms with Gasteiger partial charge in [0.15, 0.2) is 0 Å². The average molecular weight is 392 g/mol. The topological polar surface area (TPSA) is 40.5 Å². The lowest BCUT2D eigenvalue weighted by molar-refractivity contribution is -0.134. The minimum atomic E-state index is -0.116. The minimum Gasteiger partial charge on any atom is -0.393 e. The van der Waals surface area contributed by atoms with Crippen LogP contribution in [-0.4, -0.2) is 26.8 Å². The van der Waals surface area contributed by atoms with Gasteiger partial charge in [-0.15, -0.1) is 0 Å². The molecule has 3 rings (SSSR count). The predicted molar refractivity (Wildman–Crippen MR) is 89.9 cm³/mol. The lowest BCUT2D eigenvalue weighted by atomic mass is 9.49. The van der Waals surface area contributed by atoms with Crippen LogP contribution in [-0.2, 0) is 0 Å². The van der Waals surface area contributed by atoms with Crippen molar-refractivity contribution >= 4 is 22.6 Å². The summed E-state index contributed by atoms with van der Waals surface area (Å²) in [6, 6.07) is 0. The molecule has 116 valence electrons. The Bertz CT molecular complexity index is 374. The Morgan fingerprint density at radius 3 is 2.35 bits per heavy atom. The summed E-state index contributed by atoms with van der Waals surface area (Å²) in [5.74, 6) is 2.10. The van der Waals surface area contributed by atoms with Gasteiger partial charge in [0.05, 0.1) is 12.2 Å². The van der Waals surface area contributed by atoms with Crippen LogP contribution in [0.3, 0.4) is 0 Å². The number of aliphatic hydroxyl groups is 2. The zero-order valence-electron chi connectivity index (χ0n) is 12.8. The van der Waals surface area contributed by atoms with E-state index in [4.69, 9.17) is 0 Å². The molecule has 2 nitrogen and oxygen atoms in total. The maximum atomic E-state index is 10.6. The molecular weight excluding hydrogens is 363 g/mol. The quantitative estimate of drug-likeness (QED) is 0.555. The van der Waals surface area contributed by atoms with Gasteiger partial charge in [0, 0.05) is 4.43 Å². The molecule has 0 radical (unpaired) electrons. The Morgan fingerprint density at radius 1 is 0.950 bits per heavy atom. The molecule has 20 heavy (non-hydrogen) atoms. The fourth-order valence-electron chi connectivity index (χ4n) is 5.96. The third-order valence-electron chi connectivity index (χ3n) is 7.40. The highest BCUT2D eigenvalue weighted by Crippen LogP contribution is 2.63. The van der Waals surface area contributed by atoms with Gasteiger partial charge in [0.2, 0.25) is 0 Å². The largest absolute Gasteiger partial charge is 0.393 e. The number of hydrogen-bond donors (Lipinski definition) is 2. The monoisotopic (exact) mass is 392 g/mol. The molecule has 0 spiro atoms. The number of aliphatic hydroxyl groups excluding tert-OH is 2. The number of halogens is 1. The Labute approximate surface area is 136 Å². The average Bonchev–Trinajstić information content (AvgIpc) is 2.71. The summed E-state index contributed by atoms with van der Waals surface area (Å²) in [7, 11) is 0. The van der Waals surface area contributed by atoms with E-state index >= 15 is 0 Å². The molecule has 7 atom stereocenters. The van der Waals surface area contributed by atoms with Crippen LogP contribution in [0.5, 0.6) is 0 Å². The van der Waals surface area contributed by atoms with Crippen LogP contribution < -0.4 is 0 Å². The Kier molecular flexibility index (Phi) is 4.18. The molecule has 0 aromatic carbocycles. The first kappa shape index (κ1) is 15.5. The Hall–Kier alpha value is 0.650. The lowest BCUT2D eigenvalue weighted by Crippen LogP contribution is -2.54. The summed E-state index contributed by atoms with van der Waals surface area (Å²) < 4.78 is 1.14. The zero-order chi connectivity index (χ0) is 14.5. The number of rotatable bonds is 2. The predicted octanol–water partition coefficient (Wildman–Crippen LogP) is 3.78. The van der Waals surface area contributed by atoms with E-state index in [-0.39, 0.29) is 23.0 Å². The standard InChI is InChI=1S/C17H29IO2/c1-16-8-7-13-11(12(16)4-6-15(16)20)3-5-14(19)17(13,2)9-10-18/h11-15,19-20H,3-10H2,1-2H3/t11-,12-,13?,14?,15?,16-,17+/m0/s1. The van der Waals surface area contributed by atoms with Crippen LogP contribution in [0.15, 0.2) is 0 Å². The summed E-state index contributed by atoms with van der Waals surface area (Å²) in [5.41, 5.74) is 0.272. The first-order valence-electron chi connectivity index (χ1n) is 8.35. The van der Waals surface area contributed by atoms with E-state index < -0.39 is 0 Å². The van der Waals surface area contributed by atoms with E-state index in [9.17, 15) is 10.2 Å². The van der Waals surface area contributed by atoms with Crippen molar-refractivity contribution in [2.75, 3.05) is 4.43 Å². The molecule has 3 saturated carbocycles. The van der Waals surface area contributed by atoms with Gasteiger partial charge < -0.3 is 10.2 Å². The minimum absolute atomic E-state index is 0.0869. The second-order valence-corrected chi connectivity index (χ2v) is 9.13. The Morgan fingerprint density at radius 2 is 1.65 bits per heavy atom. The summed E-state index contributed by atoms with van der Waals surface area (Å²) in [6.07, 6.45) is 7.65. The van der Waals surface area contributed by atoms with Crippen molar-refractivity contribution in [3.05, 3.63) is 0 Å². The molecule has 3 aliphatic rings. The SMILES string of the molecule is C[C@]1(CCI)C(O)CC[C@@H]2C1CC[C@]1(C)C(O)CC[C@@H]21. The molecule has 0 amide bonds.